The van der Waals surface area contributed by atoms with E-state index in [1.807, 2.05) is 0 Å². The van der Waals surface area contributed by atoms with Crippen LogP contribution < -0.4 is 0 Å². The fraction of sp³-hybridized carbons (Fsp3) is 0.600. The lowest BCUT2D eigenvalue weighted by molar-refractivity contribution is 0.00933. The summed E-state index contributed by atoms with van der Waals surface area (Å²) in [5, 5.41) is 24.1. The molecule has 1 aliphatic heterocycles. The van der Waals surface area contributed by atoms with Gasteiger partial charge in [-0.1, -0.05) is 0 Å². The van der Waals surface area contributed by atoms with Gasteiger partial charge in [0.15, 0.2) is 5.03 Å². The van der Waals surface area contributed by atoms with Gasteiger partial charge in [-0.2, -0.15) is 9.40 Å². The maximum atomic E-state index is 12.3. The Bertz CT molecular complexity index is 592. The molecule has 1 aliphatic rings. The lowest BCUT2D eigenvalue weighted by Gasteiger charge is -2.35. The van der Waals surface area contributed by atoms with Gasteiger partial charge in [-0.25, -0.2) is 13.2 Å². The summed E-state index contributed by atoms with van der Waals surface area (Å²) in [6, 6.07) is 0. The number of aromatic carboxylic acids is 1. The standard InChI is InChI=1S/C10H15N3O5S/c1-10(16)3-2-4-13(6-10)19(17,18)8-7(9(14)15)5-11-12-8/h5,16H,2-4,6H2,1H3,(H,11,12)(H,14,15). The Morgan fingerprint density at radius 1 is 1.58 bits per heavy atom. The highest BCUT2D eigenvalue weighted by atomic mass is 32.2. The minimum atomic E-state index is -3.99. The zero-order valence-corrected chi connectivity index (χ0v) is 11.1. The number of hydrogen-bond acceptors (Lipinski definition) is 5. The molecule has 0 amide bonds. The monoisotopic (exact) mass is 289 g/mol. The molecule has 1 fully saturated rings. The fourth-order valence-corrected chi connectivity index (χ4v) is 3.79. The SMILES string of the molecule is CC1(O)CCCN(S(=O)(=O)c2[nH]ncc2C(=O)O)C1. The fourth-order valence-electron chi connectivity index (χ4n) is 2.13. The number of carboxylic acid groups (broad SMARTS) is 1. The summed E-state index contributed by atoms with van der Waals surface area (Å²) >= 11 is 0. The van der Waals surface area contributed by atoms with E-state index >= 15 is 0 Å². The summed E-state index contributed by atoms with van der Waals surface area (Å²) in [6.45, 7) is 1.74. The average molecular weight is 289 g/mol. The molecule has 1 unspecified atom stereocenters. The maximum absolute atomic E-state index is 12.3. The van der Waals surface area contributed by atoms with E-state index in [9.17, 15) is 18.3 Å². The summed E-state index contributed by atoms with van der Waals surface area (Å²) in [4.78, 5) is 10.9. The number of aromatic amines is 1. The lowest BCUT2D eigenvalue weighted by atomic mass is 9.97. The van der Waals surface area contributed by atoms with Crippen LogP contribution in [0.1, 0.15) is 30.1 Å². The van der Waals surface area contributed by atoms with Gasteiger partial charge >= 0.3 is 5.97 Å². The van der Waals surface area contributed by atoms with Gasteiger partial charge < -0.3 is 10.2 Å². The molecule has 9 heteroatoms. The van der Waals surface area contributed by atoms with Crippen molar-refractivity contribution in [3.63, 3.8) is 0 Å². The number of β-amino-alcohol motifs (C(OH)–C–C–N with tert-alkyl or cyclic N) is 1. The molecule has 1 aromatic rings. The first kappa shape index (κ1) is 14.0. The molecule has 1 aromatic heterocycles. The third kappa shape index (κ3) is 2.62. The van der Waals surface area contributed by atoms with Crippen LogP contribution in [0.15, 0.2) is 11.2 Å². The molecule has 106 valence electrons. The molecule has 19 heavy (non-hydrogen) atoms. The molecule has 0 aromatic carbocycles. The molecule has 2 heterocycles. The molecule has 0 bridgehead atoms. The Hall–Kier alpha value is -1.45. The first-order valence-corrected chi connectivity index (χ1v) is 7.17. The van der Waals surface area contributed by atoms with Gasteiger partial charge in [0.1, 0.15) is 5.56 Å². The third-order valence-electron chi connectivity index (χ3n) is 3.07. The minimum Gasteiger partial charge on any atom is -0.478 e. The number of sulfonamides is 1. The Balaban J connectivity index is 2.37. The summed E-state index contributed by atoms with van der Waals surface area (Å²) in [7, 11) is -3.99. The molecule has 0 saturated carbocycles. The van der Waals surface area contributed by atoms with Crippen molar-refractivity contribution in [3.8, 4) is 0 Å². The van der Waals surface area contributed by atoms with E-state index in [2.05, 4.69) is 10.2 Å². The van der Waals surface area contributed by atoms with Crippen LogP contribution in [0.5, 0.6) is 0 Å². The molecule has 3 N–H and O–H groups in total. The van der Waals surface area contributed by atoms with Crippen LogP contribution in [0.3, 0.4) is 0 Å². The molecular weight excluding hydrogens is 274 g/mol. The highest BCUT2D eigenvalue weighted by Crippen LogP contribution is 2.26. The van der Waals surface area contributed by atoms with Crippen LogP contribution in [0.25, 0.3) is 0 Å². The van der Waals surface area contributed by atoms with Crippen LogP contribution >= 0.6 is 0 Å². The predicted octanol–water partition coefficient (Wildman–Crippen LogP) is -0.357. The highest BCUT2D eigenvalue weighted by molar-refractivity contribution is 7.89. The van der Waals surface area contributed by atoms with E-state index in [0.29, 0.717) is 12.8 Å². The number of aromatic nitrogens is 2. The summed E-state index contributed by atoms with van der Waals surface area (Å²) < 4.78 is 25.8. The van der Waals surface area contributed by atoms with Crippen molar-refractivity contribution in [1.29, 1.82) is 0 Å². The van der Waals surface area contributed by atoms with E-state index in [-0.39, 0.29) is 13.1 Å². The van der Waals surface area contributed by atoms with E-state index in [1.165, 1.54) is 0 Å². The minimum absolute atomic E-state index is 0.0621. The van der Waals surface area contributed by atoms with Crippen molar-refractivity contribution in [2.24, 2.45) is 0 Å². The van der Waals surface area contributed by atoms with E-state index in [4.69, 9.17) is 5.11 Å². The van der Waals surface area contributed by atoms with Gasteiger partial charge in [-0.05, 0) is 19.8 Å². The number of hydrogen-bond donors (Lipinski definition) is 3. The second-order valence-corrected chi connectivity index (χ2v) is 6.73. The van der Waals surface area contributed by atoms with Crippen molar-refractivity contribution >= 4 is 16.0 Å². The average Bonchev–Trinajstić information content (AvgIpc) is 2.77. The Morgan fingerprint density at radius 2 is 2.26 bits per heavy atom. The van der Waals surface area contributed by atoms with Gasteiger partial charge in [0.2, 0.25) is 0 Å². The number of carbonyl (C=O) groups is 1. The van der Waals surface area contributed by atoms with Gasteiger partial charge in [0.25, 0.3) is 10.0 Å². The Morgan fingerprint density at radius 3 is 2.84 bits per heavy atom. The van der Waals surface area contributed by atoms with Gasteiger partial charge in [0.05, 0.1) is 11.8 Å². The van der Waals surface area contributed by atoms with Gasteiger partial charge in [0, 0.05) is 13.1 Å². The molecule has 2 rings (SSSR count). The molecule has 1 atom stereocenters. The van der Waals surface area contributed by atoms with Crippen LogP contribution in [0.2, 0.25) is 0 Å². The number of carboxylic acids is 1. The quantitative estimate of drug-likeness (QED) is 0.698. The Kier molecular flexibility index (Phi) is 3.37. The topological polar surface area (TPSA) is 124 Å². The maximum Gasteiger partial charge on any atom is 0.340 e. The van der Waals surface area contributed by atoms with Gasteiger partial charge in [-0.15, -0.1) is 0 Å². The smallest absolute Gasteiger partial charge is 0.340 e. The van der Waals surface area contributed by atoms with Crippen LogP contribution in [-0.2, 0) is 10.0 Å². The number of piperidine rings is 1. The summed E-state index contributed by atoms with van der Waals surface area (Å²) in [6.07, 6.45) is 1.98. The second-order valence-electron chi connectivity index (χ2n) is 4.86. The molecule has 0 spiro atoms. The van der Waals surface area contributed by atoms with E-state index < -0.39 is 32.2 Å². The third-order valence-corrected chi connectivity index (χ3v) is 4.89. The van der Waals surface area contributed by atoms with Crippen molar-refractivity contribution in [2.45, 2.75) is 30.4 Å². The molecule has 0 aliphatic carbocycles. The number of nitrogens with zero attached hydrogens (tertiary/aromatic N) is 2. The predicted molar refractivity (Wildman–Crippen MR) is 64.2 cm³/mol. The van der Waals surface area contributed by atoms with Crippen molar-refractivity contribution in [3.05, 3.63) is 11.8 Å². The summed E-state index contributed by atoms with van der Waals surface area (Å²) in [5.41, 5.74) is -1.50. The molecule has 0 radical (unpaired) electrons. The normalized spacial score (nSPS) is 25.4. The first-order chi connectivity index (χ1) is 8.74. The number of aliphatic hydroxyl groups is 1. The number of H-pyrrole nitrogens is 1. The second kappa shape index (κ2) is 4.58. The molecule has 1 saturated heterocycles. The van der Waals surface area contributed by atoms with Crippen molar-refractivity contribution in [2.75, 3.05) is 13.1 Å². The number of rotatable bonds is 3. The van der Waals surface area contributed by atoms with Crippen molar-refractivity contribution < 1.29 is 23.4 Å². The van der Waals surface area contributed by atoms with E-state index in [0.717, 1.165) is 10.5 Å². The van der Waals surface area contributed by atoms with Crippen molar-refractivity contribution in [1.82, 2.24) is 14.5 Å². The zero-order valence-electron chi connectivity index (χ0n) is 10.3. The zero-order chi connectivity index (χ0) is 14.3. The summed E-state index contributed by atoms with van der Waals surface area (Å²) in [5.74, 6) is -1.36. The number of nitrogens with one attached hydrogen (secondary N) is 1. The first-order valence-electron chi connectivity index (χ1n) is 5.73. The van der Waals surface area contributed by atoms with Crippen LogP contribution in [0.4, 0.5) is 0 Å². The van der Waals surface area contributed by atoms with Crippen LogP contribution in [0, 0.1) is 0 Å². The lowest BCUT2D eigenvalue weighted by Crippen LogP contribution is -2.48. The molecular formula is C10H15N3O5S. The van der Waals surface area contributed by atoms with E-state index in [1.54, 1.807) is 6.92 Å². The van der Waals surface area contributed by atoms with Gasteiger partial charge in [-0.3, -0.25) is 5.10 Å². The highest BCUT2D eigenvalue weighted by Gasteiger charge is 2.38. The molecule has 8 nitrogen and oxygen atoms in total. The Labute approximate surface area is 110 Å². The largest absolute Gasteiger partial charge is 0.478 e. The van der Waals surface area contributed by atoms with Crippen LogP contribution in [-0.4, -0.2) is 57.8 Å².